The summed E-state index contributed by atoms with van der Waals surface area (Å²) in [6.07, 6.45) is -4.37. The van der Waals surface area contributed by atoms with Crippen molar-refractivity contribution in [2.24, 2.45) is 0 Å². The Labute approximate surface area is 101 Å². The van der Waals surface area contributed by atoms with Crippen LogP contribution in [-0.2, 0) is 4.74 Å². The van der Waals surface area contributed by atoms with Crippen LogP contribution in [0.15, 0.2) is 12.1 Å². The van der Waals surface area contributed by atoms with Gasteiger partial charge in [-0.05, 0) is 18.6 Å². The Morgan fingerprint density at radius 2 is 1.89 bits per heavy atom. The van der Waals surface area contributed by atoms with Crippen molar-refractivity contribution in [2.75, 3.05) is 25.6 Å². The zero-order valence-electron chi connectivity index (χ0n) is 9.68. The van der Waals surface area contributed by atoms with E-state index in [0.29, 0.717) is 5.56 Å². The van der Waals surface area contributed by atoms with Crippen LogP contribution < -0.4 is 10.5 Å². The average molecular weight is 267 g/mol. The van der Waals surface area contributed by atoms with Crippen molar-refractivity contribution in [3.63, 3.8) is 0 Å². The number of aryl methyl sites for hydroxylation is 1. The first-order valence-corrected chi connectivity index (χ1v) is 5.12. The fourth-order valence-corrected chi connectivity index (χ4v) is 1.18. The molecule has 0 unspecified atom stereocenters. The van der Waals surface area contributed by atoms with Gasteiger partial charge in [0.05, 0.1) is 6.61 Å². The average Bonchev–Trinajstić information content (AvgIpc) is 2.23. The van der Waals surface area contributed by atoms with E-state index in [0.717, 1.165) is 6.07 Å². The second-order valence-electron chi connectivity index (χ2n) is 3.66. The number of hydrogen-bond donors (Lipinski definition) is 1. The first kappa shape index (κ1) is 14.6. The van der Waals surface area contributed by atoms with E-state index in [1.165, 1.54) is 6.07 Å². The molecule has 0 fully saturated rings. The maximum atomic E-state index is 13.3. The van der Waals surface area contributed by atoms with Crippen LogP contribution in [0.1, 0.15) is 5.56 Å². The first-order chi connectivity index (χ1) is 8.29. The fraction of sp³-hybridized carbons (Fsp3) is 0.455. The van der Waals surface area contributed by atoms with Crippen molar-refractivity contribution in [3.8, 4) is 5.75 Å². The molecule has 0 radical (unpaired) electrons. The van der Waals surface area contributed by atoms with Crippen molar-refractivity contribution < 1.29 is 27.0 Å². The van der Waals surface area contributed by atoms with Gasteiger partial charge in [-0.15, -0.1) is 0 Å². The highest BCUT2D eigenvalue weighted by Gasteiger charge is 2.27. The highest BCUT2D eigenvalue weighted by molar-refractivity contribution is 5.50. The molecule has 102 valence electrons. The molecule has 0 heterocycles. The van der Waals surface area contributed by atoms with Crippen molar-refractivity contribution in [3.05, 3.63) is 23.5 Å². The third kappa shape index (κ3) is 4.79. The summed E-state index contributed by atoms with van der Waals surface area (Å²) >= 11 is 0. The van der Waals surface area contributed by atoms with E-state index in [1.807, 2.05) is 0 Å². The molecule has 0 aromatic heterocycles. The predicted octanol–water partition coefficient (Wildman–Crippen LogP) is 2.67. The maximum absolute atomic E-state index is 13.3. The van der Waals surface area contributed by atoms with E-state index in [2.05, 4.69) is 4.74 Å². The van der Waals surface area contributed by atoms with Crippen LogP contribution in [0, 0.1) is 12.7 Å². The zero-order chi connectivity index (χ0) is 13.8. The highest BCUT2D eigenvalue weighted by atomic mass is 19.4. The molecule has 1 aromatic rings. The molecular formula is C11H13F4NO2. The van der Waals surface area contributed by atoms with Gasteiger partial charge in [0.25, 0.3) is 0 Å². The molecule has 0 aliphatic rings. The first-order valence-electron chi connectivity index (χ1n) is 5.12. The highest BCUT2D eigenvalue weighted by Crippen LogP contribution is 2.23. The minimum atomic E-state index is -4.37. The number of nitrogens with two attached hydrogens (primary N) is 1. The van der Waals surface area contributed by atoms with Gasteiger partial charge in [-0.25, -0.2) is 4.39 Å². The largest absolute Gasteiger partial charge is 0.488 e. The molecule has 0 aliphatic heterocycles. The number of alkyl halides is 3. The molecule has 0 aliphatic carbocycles. The Kier molecular flexibility index (Phi) is 4.77. The Balaban J connectivity index is 2.38. The summed E-state index contributed by atoms with van der Waals surface area (Å²) < 4.78 is 57.8. The fourth-order valence-electron chi connectivity index (χ4n) is 1.18. The van der Waals surface area contributed by atoms with Gasteiger partial charge in [-0.2, -0.15) is 13.2 Å². The summed E-state index contributed by atoms with van der Waals surface area (Å²) in [5.41, 5.74) is 6.38. The van der Waals surface area contributed by atoms with Gasteiger partial charge < -0.3 is 15.2 Å². The van der Waals surface area contributed by atoms with E-state index < -0.39 is 18.6 Å². The van der Waals surface area contributed by atoms with Crippen LogP contribution in [-0.4, -0.2) is 26.0 Å². The normalized spacial score (nSPS) is 11.6. The standard InChI is InChI=1S/C11H13F4NO2/c1-7-4-10(8(12)5-9(7)16)18-3-2-17-6-11(13,14)15/h4-5H,2-3,6,16H2,1H3. The molecule has 0 atom stereocenters. The number of halogens is 4. The minimum Gasteiger partial charge on any atom is -0.488 e. The van der Waals surface area contributed by atoms with E-state index in [4.69, 9.17) is 10.5 Å². The lowest BCUT2D eigenvalue weighted by Crippen LogP contribution is -2.19. The molecule has 0 bridgehead atoms. The molecule has 0 saturated carbocycles. The van der Waals surface area contributed by atoms with E-state index in [-0.39, 0.29) is 24.7 Å². The Bertz CT molecular complexity index is 407. The molecule has 7 heteroatoms. The smallest absolute Gasteiger partial charge is 0.411 e. The van der Waals surface area contributed by atoms with Gasteiger partial charge in [-0.3, -0.25) is 0 Å². The van der Waals surface area contributed by atoms with Crippen LogP contribution in [0.5, 0.6) is 5.75 Å². The SMILES string of the molecule is Cc1cc(OCCOCC(F)(F)F)c(F)cc1N. The number of anilines is 1. The lowest BCUT2D eigenvalue weighted by molar-refractivity contribution is -0.175. The van der Waals surface area contributed by atoms with E-state index in [9.17, 15) is 17.6 Å². The van der Waals surface area contributed by atoms with Crippen LogP contribution in [0.3, 0.4) is 0 Å². The summed E-state index contributed by atoms with van der Waals surface area (Å²) in [6.45, 7) is -0.125. The molecule has 1 aromatic carbocycles. The molecule has 1 rings (SSSR count). The molecule has 0 saturated heterocycles. The molecule has 3 nitrogen and oxygen atoms in total. The van der Waals surface area contributed by atoms with Crippen LogP contribution in [0.25, 0.3) is 0 Å². The maximum Gasteiger partial charge on any atom is 0.411 e. The number of hydrogen-bond acceptors (Lipinski definition) is 3. The third-order valence-corrected chi connectivity index (χ3v) is 2.07. The number of ether oxygens (including phenoxy) is 2. The van der Waals surface area contributed by atoms with Gasteiger partial charge in [0.1, 0.15) is 13.2 Å². The van der Waals surface area contributed by atoms with Gasteiger partial charge in [0.2, 0.25) is 0 Å². The second kappa shape index (κ2) is 5.90. The van der Waals surface area contributed by atoms with Crippen molar-refractivity contribution >= 4 is 5.69 Å². The molecular weight excluding hydrogens is 254 g/mol. The van der Waals surface area contributed by atoms with Crippen LogP contribution >= 0.6 is 0 Å². The van der Waals surface area contributed by atoms with Gasteiger partial charge >= 0.3 is 6.18 Å². The number of nitrogen functional groups attached to an aromatic ring is 1. The third-order valence-electron chi connectivity index (χ3n) is 2.07. The Morgan fingerprint density at radius 1 is 1.22 bits per heavy atom. The molecule has 0 spiro atoms. The minimum absolute atomic E-state index is 0.0580. The Morgan fingerprint density at radius 3 is 2.50 bits per heavy atom. The van der Waals surface area contributed by atoms with E-state index >= 15 is 0 Å². The van der Waals surface area contributed by atoms with E-state index in [1.54, 1.807) is 6.92 Å². The topological polar surface area (TPSA) is 44.5 Å². The molecule has 0 amide bonds. The van der Waals surface area contributed by atoms with Crippen molar-refractivity contribution in [2.45, 2.75) is 13.1 Å². The summed E-state index contributed by atoms with van der Waals surface area (Å²) in [5, 5.41) is 0. The van der Waals surface area contributed by atoms with Gasteiger partial charge in [0, 0.05) is 11.8 Å². The van der Waals surface area contributed by atoms with Gasteiger partial charge in [0.15, 0.2) is 11.6 Å². The second-order valence-corrected chi connectivity index (χ2v) is 3.66. The molecule has 2 N–H and O–H groups in total. The Hall–Kier alpha value is -1.50. The zero-order valence-corrected chi connectivity index (χ0v) is 9.68. The quantitative estimate of drug-likeness (QED) is 0.507. The summed E-state index contributed by atoms with van der Waals surface area (Å²) in [5.74, 6) is -0.716. The molecule has 18 heavy (non-hydrogen) atoms. The number of rotatable bonds is 5. The summed E-state index contributed by atoms with van der Waals surface area (Å²) in [6, 6.07) is 2.48. The van der Waals surface area contributed by atoms with Crippen molar-refractivity contribution in [1.82, 2.24) is 0 Å². The number of benzene rings is 1. The van der Waals surface area contributed by atoms with Crippen LogP contribution in [0.4, 0.5) is 23.2 Å². The van der Waals surface area contributed by atoms with Gasteiger partial charge in [-0.1, -0.05) is 0 Å². The monoisotopic (exact) mass is 267 g/mol. The van der Waals surface area contributed by atoms with Crippen LogP contribution in [0.2, 0.25) is 0 Å². The predicted molar refractivity (Wildman–Crippen MR) is 57.9 cm³/mol. The lowest BCUT2D eigenvalue weighted by Gasteiger charge is -2.11. The lowest BCUT2D eigenvalue weighted by atomic mass is 10.2. The summed E-state index contributed by atoms with van der Waals surface area (Å²) in [7, 11) is 0. The summed E-state index contributed by atoms with van der Waals surface area (Å²) in [4.78, 5) is 0. The van der Waals surface area contributed by atoms with Crippen molar-refractivity contribution in [1.29, 1.82) is 0 Å².